The summed E-state index contributed by atoms with van der Waals surface area (Å²) in [5.74, 6) is 0. The summed E-state index contributed by atoms with van der Waals surface area (Å²) in [7, 11) is 0. The number of aryl methyl sites for hydroxylation is 1. The number of anilines is 1. The Morgan fingerprint density at radius 1 is 1.47 bits per heavy atom. The summed E-state index contributed by atoms with van der Waals surface area (Å²) in [4.78, 5) is 13.1. The Hall–Kier alpha value is -1.51. The van der Waals surface area contributed by atoms with Crippen LogP contribution in [0.25, 0.3) is 0 Å². The lowest BCUT2D eigenvalue weighted by molar-refractivity contribution is 0.160. The van der Waals surface area contributed by atoms with Gasteiger partial charge in [-0.3, -0.25) is 4.90 Å². The van der Waals surface area contributed by atoms with Gasteiger partial charge in [-0.05, 0) is 32.4 Å². The van der Waals surface area contributed by atoms with Crippen LogP contribution in [0, 0.1) is 13.0 Å². The van der Waals surface area contributed by atoms with E-state index in [1.807, 2.05) is 32.0 Å². The highest BCUT2D eigenvalue weighted by molar-refractivity contribution is 5.87. The van der Waals surface area contributed by atoms with Gasteiger partial charge in [-0.25, -0.2) is 4.79 Å². The van der Waals surface area contributed by atoms with Gasteiger partial charge in [0.2, 0.25) is 0 Å². The number of nitrogens with zero attached hydrogens (tertiary/aromatic N) is 1. The predicted molar refractivity (Wildman–Crippen MR) is 60.1 cm³/mol. The van der Waals surface area contributed by atoms with Crippen molar-refractivity contribution in [1.29, 1.82) is 0 Å². The minimum absolute atomic E-state index is 0.318. The molecule has 1 aromatic carbocycles. The molecule has 0 aliphatic rings. The first-order valence-corrected chi connectivity index (χ1v) is 5.12. The lowest BCUT2D eigenvalue weighted by Crippen LogP contribution is -2.31. The zero-order valence-electron chi connectivity index (χ0n) is 9.41. The molecule has 0 unspecified atom stereocenters. The first kappa shape index (κ1) is 11.6. The van der Waals surface area contributed by atoms with E-state index < -0.39 is 0 Å². The van der Waals surface area contributed by atoms with Gasteiger partial charge in [0.15, 0.2) is 0 Å². The van der Waals surface area contributed by atoms with Crippen LogP contribution < -0.4 is 4.90 Å². The highest BCUT2D eigenvalue weighted by Gasteiger charge is 2.14. The number of ether oxygens (including phenoxy) is 1. The van der Waals surface area contributed by atoms with E-state index in [9.17, 15) is 4.79 Å². The molecule has 1 amide bonds. The van der Waals surface area contributed by atoms with Crippen molar-refractivity contribution in [2.45, 2.75) is 20.8 Å². The number of carbonyl (C=O) groups is 1. The summed E-state index contributed by atoms with van der Waals surface area (Å²) >= 11 is 0. The summed E-state index contributed by atoms with van der Waals surface area (Å²) in [5, 5.41) is 0. The number of hydrogen-bond acceptors (Lipinski definition) is 2. The second-order valence-corrected chi connectivity index (χ2v) is 3.16. The van der Waals surface area contributed by atoms with E-state index in [2.05, 4.69) is 6.07 Å². The van der Waals surface area contributed by atoms with E-state index in [-0.39, 0.29) is 6.09 Å². The monoisotopic (exact) mass is 206 g/mol. The van der Waals surface area contributed by atoms with Crippen molar-refractivity contribution >= 4 is 11.8 Å². The van der Waals surface area contributed by atoms with Gasteiger partial charge in [-0.1, -0.05) is 12.1 Å². The molecule has 3 nitrogen and oxygen atoms in total. The molecule has 1 aromatic rings. The van der Waals surface area contributed by atoms with E-state index in [0.29, 0.717) is 13.2 Å². The Kier molecular flexibility index (Phi) is 4.16. The SMILES string of the molecule is CCOC(=O)N(CC)c1[c]c(C)ccc1. The molecule has 0 bridgehead atoms. The molecule has 15 heavy (non-hydrogen) atoms. The number of hydrogen-bond donors (Lipinski definition) is 0. The van der Waals surface area contributed by atoms with Gasteiger partial charge in [0.25, 0.3) is 0 Å². The number of carbonyl (C=O) groups excluding carboxylic acids is 1. The summed E-state index contributed by atoms with van der Waals surface area (Å²) in [6.45, 7) is 6.63. The molecule has 0 aliphatic carbocycles. The fraction of sp³-hybridized carbons (Fsp3) is 0.417. The molecule has 0 saturated carbocycles. The minimum Gasteiger partial charge on any atom is -0.449 e. The highest BCUT2D eigenvalue weighted by atomic mass is 16.6. The largest absolute Gasteiger partial charge is 0.449 e. The third kappa shape index (κ3) is 2.98. The van der Waals surface area contributed by atoms with E-state index in [1.54, 1.807) is 11.8 Å². The van der Waals surface area contributed by atoms with Crippen LogP contribution in [0.4, 0.5) is 10.5 Å². The van der Waals surface area contributed by atoms with Gasteiger partial charge >= 0.3 is 6.09 Å². The molecule has 0 fully saturated rings. The van der Waals surface area contributed by atoms with E-state index in [1.165, 1.54) is 0 Å². The topological polar surface area (TPSA) is 29.5 Å². The fourth-order valence-electron chi connectivity index (χ4n) is 1.33. The lowest BCUT2D eigenvalue weighted by Gasteiger charge is -2.19. The van der Waals surface area contributed by atoms with Crippen LogP contribution in [-0.4, -0.2) is 19.2 Å². The molecule has 0 N–H and O–H groups in total. The van der Waals surface area contributed by atoms with Crippen molar-refractivity contribution in [3.05, 3.63) is 29.8 Å². The second-order valence-electron chi connectivity index (χ2n) is 3.16. The molecule has 0 spiro atoms. The van der Waals surface area contributed by atoms with Crippen LogP contribution in [0.5, 0.6) is 0 Å². The Morgan fingerprint density at radius 2 is 2.20 bits per heavy atom. The summed E-state index contributed by atoms with van der Waals surface area (Å²) in [6, 6.07) is 8.83. The highest BCUT2D eigenvalue weighted by Crippen LogP contribution is 2.15. The van der Waals surface area contributed by atoms with Crippen LogP contribution in [0.1, 0.15) is 19.4 Å². The van der Waals surface area contributed by atoms with Gasteiger partial charge in [-0.15, -0.1) is 0 Å². The van der Waals surface area contributed by atoms with Gasteiger partial charge < -0.3 is 4.74 Å². The Bertz CT molecular complexity index is 336. The third-order valence-corrected chi connectivity index (χ3v) is 2.02. The van der Waals surface area contributed by atoms with Crippen molar-refractivity contribution in [3.8, 4) is 0 Å². The zero-order valence-corrected chi connectivity index (χ0v) is 9.41. The summed E-state index contributed by atoms with van der Waals surface area (Å²) in [6.07, 6.45) is -0.318. The molecular weight excluding hydrogens is 190 g/mol. The molecule has 0 atom stereocenters. The molecule has 0 saturated heterocycles. The summed E-state index contributed by atoms with van der Waals surface area (Å²) in [5.41, 5.74) is 1.77. The molecule has 0 aromatic heterocycles. The van der Waals surface area contributed by atoms with Crippen molar-refractivity contribution < 1.29 is 9.53 Å². The standard InChI is InChI=1S/C12H16NO2/c1-4-13(12(14)15-5-2)11-8-6-7-10(3)9-11/h6-8H,4-5H2,1-3H3. The average Bonchev–Trinajstić information content (AvgIpc) is 2.19. The maximum Gasteiger partial charge on any atom is 0.414 e. The number of benzene rings is 1. The lowest BCUT2D eigenvalue weighted by atomic mass is 10.2. The molecule has 1 rings (SSSR count). The van der Waals surface area contributed by atoms with Crippen LogP contribution >= 0.6 is 0 Å². The molecular formula is C12H16NO2. The van der Waals surface area contributed by atoms with Gasteiger partial charge in [0.05, 0.1) is 12.3 Å². The Labute approximate surface area is 90.7 Å². The average molecular weight is 206 g/mol. The maximum atomic E-state index is 11.6. The smallest absolute Gasteiger partial charge is 0.414 e. The van der Waals surface area contributed by atoms with E-state index in [4.69, 9.17) is 4.74 Å². The van der Waals surface area contributed by atoms with Gasteiger partial charge in [-0.2, -0.15) is 0 Å². The first-order valence-electron chi connectivity index (χ1n) is 5.12. The number of rotatable bonds is 3. The number of amides is 1. The predicted octanol–water partition coefficient (Wildman–Crippen LogP) is 2.78. The zero-order chi connectivity index (χ0) is 11.3. The first-order chi connectivity index (χ1) is 7.19. The quantitative estimate of drug-likeness (QED) is 0.761. The van der Waals surface area contributed by atoms with Gasteiger partial charge in [0.1, 0.15) is 0 Å². The van der Waals surface area contributed by atoms with Crippen molar-refractivity contribution in [2.24, 2.45) is 0 Å². The van der Waals surface area contributed by atoms with Crippen LogP contribution in [0.3, 0.4) is 0 Å². The third-order valence-electron chi connectivity index (χ3n) is 2.02. The Morgan fingerprint density at radius 3 is 2.73 bits per heavy atom. The fourth-order valence-corrected chi connectivity index (χ4v) is 1.33. The van der Waals surface area contributed by atoms with Crippen molar-refractivity contribution in [1.82, 2.24) is 0 Å². The summed E-state index contributed by atoms with van der Waals surface area (Å²) < 4.78 is 4.96. The van der Waals surface area contributed by atoms with Crippen LogP contribution in [0.15, 0.2) is 18.2 Å². The van der Waals surface area contributed by atoms with E-state index >= 15 is 0 Å². The molecule has 81 valence electrons. The molecule has 0 heterocycles. The van der Waals surface area contributed by atoms with Gasteiger partial charge in [0, 0.05) is 12.6 Å². The molecule has 1 radical (unpaired) electrons. The Balaban J connectivity index is 2.87. The second kappa shape index (κ2) is 5.39. The van der Waals surface area contributed by atoms with Crippen molar-refractivity contribution in [2.75, 3.05) is 18.1 Å². The van der Waals surface area contributed by atoms with Crippen LogP contribution in [0.2, 0.25) is 0 Å². The normalized spacial score (nSPS) is 9.80. The molecule has 3 heteroatoms. The maximum absolute atomic E-state index is 11.6. The van der Waals surface area contributed by atoms with Crippen LogP contribution in [-0.2, 0) is 4.74 Å². The van der Waals surface area contributed by atoms with E-state index in [0.717, 1.165) is 11.3 Å². The molecule has 0 aliphatic heterocycles. The minimum atomic E-state index is -0.318. The van der Waals surface area contributed by atoms with Crippen molar-refractivity contribution in [3.63, 3.8) is 0 Å².